The number of benzene rings is 1. The summed E-state index contributed by atoms with van der Waals surface area (Å²) in [6.45, 7) is 10.9. The van der Waals surface area contributed by atoms with Crippen LogP contribution in [0.1, 0.15) is 51.7 Å². The monoisotopic (exact) mass is 246 g/mol. The Morgan fingerprint density at radius 2 is 1.94 bits per heavy atom. The van der Waals surface area contributed by atoms with Crippen molar-refractivity contribution in [2.45, 2.75) is 53.9 Å². The molecule has 100 valence electrons. The average molecular weight is 246 g/mol. The van der Waals surface area contributed by atoms with Gasteiger partial charge < -0.3 is 0 Å². The van der Waals surface area contributed by atoms with Crippen LogP contribution < -0.4 is 0 Å². The van der Waals surface area contributed by atoms with E-state index in [4.69, 9.17) is 0 Å². The molecule has 0 aliphatic rings. The Kier molecular flexibility index (Phi) is 5.13. The molecule has 18 heavy (non-hydrogen) atoms. The van der Waals surface area contributed by atoms with E-state index in [9.17, 15) is 4.79 Å². The molecule has 0 radical (unpaired) electrons. The highest BCUT2D eigenvalue weighted by atomic mass is 16.1. The van der Waals surface area contributed by atoms with Gasteiger partial charge in [0.1, 0.15) is 5.78 Å². The lowest BCUT2D eigenvalue weighted by Crippen LogP contribution is -2.15. The van der Waals surface area contributed by atoms with Gasteiger partial charge in [-0.1, -0.05) is 57.5 Å². The predicted octanol–water partition coefficient (Wildman–Crippen LogP) is 4.57. The van der Waals surface area contributed by atoms with Crippen LogP contribution in [-0.2, 0) is 11.2 Å². The van der Waals surface area contributed by atoms with Gasteiger partial charge in [0.25, 0.3) is 0 Å². The minimum absolute atomic E-state index is 0.309. The van der Waals surface area contributed by atoms with E-state index in [1.807, 2.05) is 12.1 Å². The lowest BCUT2D eigenvalue weighted by atomic mass is 9.83. The van der Waals surface area contributed by atoms with Gasteiger partial charge in [0.2, 0.25) is 0 Å². The van der Waals surface area contributed by atoms with Crippen molar-refractivity contribution in [2.75, 3.05) is 0 Å². The second-order valence-corrected chi connectivity index (χ2v) is 6.78. The molecule has 0 bridgehead atoms. The van der Waals surface area contributed by atoms with Crippen molar-refractivity contribution in [3.05, 3.63) is 35.4 Å². The minimum atomic E-state index is 0.309. The number of carbonyl (C=O) groups is 1. The van der Waals surface area contributed by atoms with Crippen LogP contribution in [0, 0.1) is 18.3 Å². The maximum atomic E-state index is 12.0. The van der Waals surface area contributed by atoms with Gasteiger partial charge >= 0.3 is 0 Å². The van der Waals surface area contributed by atoms with Crippen molar-refractivity contribution in [3.63, 3.8) is 0 Å². The molecule has 0 heterocycles. The minimum Gasteiger partial charge on any atom is -0.299 e. The van der Waals surface area contributed by atoms with Crippen LogP contribution in [0.25, 0.3) is 0 Å². The van der Waals surface area contributed by atoms with Gasteiger partial charge in [0.05, 0.1) is 0 Å². The summed E-state index contributed by atoms with van der Waals surface area (Å²) in [4.78, 5) is 12.0. The fraction of sp³-hybridized carbons (Fsp3) is 0.588. The van der Waals surface area contributed by atoms with E-state index in [0.29, 0.717) is 30.0 Å². The van der Waals surface area contributed by atoms with Crippen LogP contribution >= 0.6 is 0 Å². The van der Waals surface area contributed by atoms with Crippen LogP contribution in [0.15, 0.2) is 24.3 Å². The Balaban J connectivity index is 2.47. The highest BCUT2D eigenvalue weighted by Gasteiger charge is 2.17. The third-order valence-electron chi connectivity index (χ3n) is 3.02. The molecule has 0 fully saturated rings. The Morgan fingerprint density at radius 1 is 1.28 bits per heavy atom. The standard InChI is InChI=1S/C17H26O/c1-13-7-6-8-15(9-13)11-16(18)10-14(2)12-17(3,4)5/h6-9,14H,10-12H2,1-5H3. The highest BCUT2D eigenvalue weighted by Crippen LogP contribution is 2.26. The van der Waals surface area contributed by atoms with E-state index in [1.165, 1.54) is 5.56 Å². The number of hydrogen-bond donors (Lipinski definition) is 0. The van der Waals surface area contributed by atoms with Crippen molar-refractivity contribution >= 4 is 5.78 Å². The molecule has 0 saturated heterocycles. The van der Waals surface area contributed by atoms with E-state index in [0.717, 1.165) is 12.0 Å². The van der Waals surface area contributed by atoms with Crippen LogP contribution in [0.5, 0.6) is 0 Å². The maximum Gasteiger partial charge on any atom is 0.137 e. The summed E-state index contributed by atoms with van der Waals surface area (Å²) in [6, 6.07) is 8.23. The second-order valence-electron chi connectivity index (χ2n) is 6.78. The summed E-state index contributed by atoms with van der Waals surface area (Å²) in [7, 11) is 0. The summed E-state index contributed by atoms with van der Waals surface area (Å²) in [5, 5.41) is 0. The molecule has 0 N–H and O–H groups in total. The van der Waals surface area contributed by atoms with Crippen molar-refractivity contribution < 1.29 is 4.79 Å². The van der Waals surface area contributed by atoms with Gasteiger partial charge in [0.15, 0.2) is 0 Å². The molecular formula is C17H26O. The lowest BCUT2D eigenvalue weighted by Gasteiger charge is -2.22. The van der Waals surface area contributed by atoms with Gasteiger partial charge in [-0.25, -0.2) is 0 Å². The van der Waals surface area contributed by atoms with E-state index < -0.39 is 0 Å². The van der Waals surface area contributed by atoms with Gasteiger partial charge in [0, 0.05) is 12.8 Å². The summed E-state index contributed by atoms with van der Waals surface area (Å²) in [6.07, 6.45) is 2.38. The molecule has 1 nitrogen and oxygen atoms in total. The molecule has 1 unspecified atom stereocenters. The van der Waals surface area contributed by atoms with E-state index in [1.54, 1.807) is 0 Å². The summed E-state index contributed by atoms with van der Waals surface area (Å²) >= 11 is 0. The summed E-state index contributed by atoms with van der Waals surface area (Å²) in [5.41, 5.74) is 2.68. The molecule has 1 aromatic carbocycles. The molecule has 0 amide bonds. The van der Waals surface area contributed by atoms with Crippen LogP contribution in [0.3, 0.4) is 0 Å². The Bertz CT molecular complexity index is 398. The summed E-state index contributed by atoms with van der Waals surface area (Å²) < 4.78 is 0. The molecule has 0 aliphatic carbocycles. The van der Waals surface area contributed by atoms with E-state index >= 15 is 0 Å². The maximum absolute atomic E-state index is 12.0. The van der Waals surface area contributed by atoms with Crippen molar-refractivity contribution in [2.24, 2.45) is 11.3 Å². The third-order valence-corrected chi connectivity index (χ3v) is 3.02. The Morgan fingerprint density at radius 3 is 2.50 bits per heavy atom. The zero-order valence-corrected chi connectivity index (χ0v) is 12.4. The first-order valence-corrected chi connectivity index (χ1v) is 6.83. The van der Waals surface area contributed by atoms with Gasteiger partial charge in [-0.15, -0.1) is 0 Å². The number of Topliss-reactive ketones (excluding diaryl/α,β-unsaturated/α-hetero) is 1. The van der Waals surface area contributed by atoms with Crippen LogP contribution in [0.2, 0.25) is 0 Å². The predicted molar refractivity (Wildman–Crippen MR) is 77.7 cm³/mol. The van der Waals surface area contributed by atoms with Gasteiger partial charge in [-0.2, -0.15) is 0 Å². The van der Waals surface area contributed by atoms with E-state index in [-0.39, 0.29) is 0 Å². The fourth-order valence-corrected chi connectivity index (χ4v) is 2.63. The number of aryl methyl sites for hydroxylation is 1. The highest BCUT2D eigenvalue weighted by molar-refractivity contribution is 5.81. The zero-order valence-electron chi connectivity index (χ0n) is 12.4. The normalized spacial score (nSPS) is 13.4. The molecule has 0 aliphatic heterocycles. The van der Waals surface area contributed by atoms with Crippen molar-refractivity contribution in [3.8, 4) is 0 Å². The van der Waals surface area contributed by atoms with Gasteiger partial charge in [-0.05, 0) is 30.2 Å². The number of rotatable bonds is 5. The summed E-state index contributed by atoms with van der Waals surface area (Å²) in [5.74, 6) is 0.833. The molecule has 0 spiro atoms. The Hall–Kier alpha value is -1.11. The van der Waals surface area contributed by atoms with Crippen LogP contribution in [-0.4, -0.2) is 5.78 Å². The van der Waals surface area contributed by atoms with Crippen molar-refractivity contribution in [1.29, 1.82) is 0 Å². The SMILES string of the molecule is Cc1cccc(CC(=O)CC(C)CC(C)(C)C)c1. The fourth-order valence-electron chi connectivity index (χ4n) is 2.63. The lowest BCUT2D eigenvalue weighted by molar-refractivity contribution is -0.119. The third kappa shape index (κ3) is 6.00. The molecular weight excluding hydrogens is 220 g/mol. The van der Waals surface area contributed by atoms with Crippen molar-refractivity contribution in [1.82, 2.24) is 0 Å². The molecule has 1 atom stereocenters. The van der Waals surface area contributed by atoms with Crippen LogP contribution in [0.4, 0.5) is 0 Å². The topological polar surface area (TPSA) is 17.1 Å². The quantitative estimate of drug-likeness (QED) is 0.744. The smallest absolute Gasteiger partial charge is 0.137 e. The first-order chi connectivity index (χ1) is 8.26. The first-order valence-electron chi connectivity index (χ1n) is 6.83. The molecule has 0 saturated carbocycles. The number of carbonyl (C=O) groups excluding carboxylic acids is 1. The number of ketones is 1. The van der Waals surface area contributed by atoms with Gasteiger partial charge in [-0.3, -0.25) is 4.79 Å². The Labute approximate surface area is 112 Å². The second kappa shape index (κ2) is 6.17. The number of hydrogen-bond acceptors (Lipinski definition) is 1. The molecule has 1 heteroatoms. The van der Waals surface area contributed by atoms with E-state index in [2.05, 4.69) is 46.8 Å². The molecule has 1 aromatic rings. The average Bonchev–Trinajstić information content (AvgIpc) is 2.13. The first kappa shape index (κ1) is 14.9. The zero-order chi connectivity index (χ0) is 13.8. The molecule has 0 aromatic heterocycles. The molecule has 1 rings (SSSR count). The largest absolute Gasteiger partial charge is 0.299 e.